The Morgan fingerprint density at radius 1 is 0.207 bits per heavy atom. The molecular weight excluding hydrogens is 1900 g/mol. The Morgan fingerprint density at radius 2 is 0.607 bits per heavy atom. The second kappa shape index (κ2) is 54.6. The molecule has 0 bridgehead atoms. The van der Waals surface area contributed by atoms with Crippen molar-refractivity contribution in [1.29, 1.82) is 0 Å². The van der Waals surface area contributed by atoms with Crippen molar-refractivity contribution >= 4 is 131 Å². The fourth-order valence-electron chi connectivity index (χ4n) is 20.0. The molecule has 0 amide bonds. The number of ether oxygens (including phenoxy) is 4. The number of pyridine rings is 5. The van der Waals surface area contributed by atoms with Gasteiger partial charge in [0, 0.05) is 97.4 Å². The van der Waals surface area contributed by atoms with Gasteiger partial charge in [-0.3, -0.25) is 24.9 Å². The first-order valence-corrected chi connectivity index (χ1v) is 55.4. The van der Waals surface area contributed by atoms with Crippen LogP contribution in [0.1, 0.15) is 122 Å². The van der Waals surface area contributed by atoms with E-state index in [1.807, 2.05) is 236 Å². The normalized spacial score (nSPS) is 13.3. The first kappa shape index (κ1) is 103. The lowest BCUT2D eigenvalue weighted by Gasteiger charge is -2.17. The molecule has 24 aromatic rings. The average molecular weight is 2020 g/mol. The number of benzene rings is 14. The second-order valence-electron chi connectivity index (χ2n) is 37.4. The van der Waals surface area contributed by atoms with Gasteiger partial charge in [-0.05, 0) is 349 Å². The van der Waals surface area contributed by atoms with Gasteiger partial charge < -0.3 is 28.3 Å². The van der Waals surface area contributed by atoms with Crippen LogP contribution in [0.25, 0.3) is 96.7 Å². The molecule has 0 atom stereocenters. The van der Waals surface area contributed by atoms with E-state index < -0.39 is 0 Å². The van der Waals surface area contributed by atoms with Gasteiger partial charge in [0.1, 0.15) is 28.6 Å². The fraction of sp³-hybridized carbons (Fsp3) is 0.185. The molecule has 4 aliphatic heterocycles. The third-order valence-electron chi connectivity index (χ3n) is 27.5. The zero-order chi connectivity index (χ0) is 101. The number of aromatic nitrogens is 7. The lowest BCUT2D eigenvalue weighted by molar-refractivity contribution is 0.288. The van der Waals surface area contributed by atoms with Crippen LogP contribution in [0.4, 0.5) is 0 Å². The predicted molar refractivity (Wildman–Crippen MR) is 627 cm³/mol. The van der Waals surface area contributed by atoms with Crippen molar-refractivity contribution in [3.63, 3.8) is 0 Å². The highest BCUT2D eigenvalue weighted by Gasteiger charge is 2.19. The molecule has 15 heteroatoms. The summed E-state index contributed by atoms with van der Waals surface area (Å²) in [5, 5.41) is 14.5. The highest BCUT2D eigenvalue weighted by molar-refractivity contribution is 7.17. The molecule has 5 aliphatic carbocycles. The number of para-hydroxylation sites is 6. The van der Waals surface area contributed by atoms with Crippen molar-refractivity contribution in [2.24, 2.45) is 0 Å². The van der Waals surface area contributed by atoms with Crippen LogP contribution in [0.15, 0.2) is 452 Å². The van der Waals surface area contributed by atoms with Gasteiger partial charge in [0.2, 0.25) is 0 Å². The molecule has 0 saturated carbocycles. The number of furan rings is 1. The van der Waals surface area contributed by atoms with Gasteiger partial charge in [-0.1, -0.05) is 255 Å². The van der Waals surface area contributed by atoms with Crippen molar-refractivity contribution in [2.45, 2.75) is 135 Å². The van der Waals surface area contributed by atoms with E-state index in [4.69, 9.17) is 23.4 Å². The van der Waals surface area contributed by atoms with Crippen molar-refractivity contribution in [2.75, 3.05) is 26.4 Å². The van der Waals surface area contributed by atoms with Gasteiger partial charge in [-0.15, -0.1) is 34.0 Å². The van der Waals surface area contributed by atoms with E-state index in [1.54, 1.807) is 61.6 Å². The summed E-state index contributed by atoms with van der Waals surface area (Å²) in [5.74, 6) is 4.11. The SMILES string of the molecule is c1cc2c(s1)CCC2.c1cc2c3c(ccnc3c1)CC2.c1cc2c3c(ccnc3c1)CCC2.c1cc2c3c(ccnc3c1)CCO2.c1cc2c3c(ccnc3c1)OCCC2.c1ccc2[nH]ccc2c1.c1ccc2c(c1)CCC2.c1ccc2c(c1)CCCC2.c1ccc2c(c1)CCCO2.c1ccc2c(c1)CCO2.c1ccc2ncccc2c1.c1ccc2occc2c1.c1ccc2sccc2c1.c1ccc2scnc2c1.c1ccccc1. The van der Waals surface area contributed by atoms with Crippen molar-refractivity contribution in [1.82, 2.24) is 34.9 Å². The van der Waals surface area contributed by atoms with Gasteiger partial charge in [0.05, 0.1) is 76.0 Å². The standard InChI is InChI=1S/C12H11NO.C12H11N.C11H9NO.C11H9N.C10H12.C9H7N.C9H10O.C9H10.C8H7N.C8H8O.C8H6O.C8H6S.C7H5NS.C7H8S.C6H6/c1-3-9-4-2-8-14-11-6-7-13-10(5-1)12(9)11;1-3-9-5-2-6-11-12(9)10(4-1)7-8-13-11;1-2-9-11-8(4-6-12-9)5-7-13-10(11)3-1;1-2-8-4-5-9-6-7-12-10(3-1)11(8)9;1-2-6-10-8-4-3-7-9(10)5-1;2*1-2-6-9-8(4-1)5-3-7-10-9;1-2-5-9-7-3-6-8(9)4-1;4*1-2-4-8-7(3-1)5-6-9-8;1-2-4-7-6(3-1)8-5-9-7;1-2-6-4-5-8-7(6)3-1;1-2-4-6-5-3-1/h1,3,5-7H,2,4,8H2;2,5-8H,1,3-4H2;1-4,6H,5,7H2;1-3,6-7H,4-5H2;1-2,5-6H,3-4,7-8H2;1-7H;1-2,4,6H,3,5,7H2;1-2,4-5H,3,6-7H2;1-6,9H;1-4H,5-6H2;2*1-6H;1-5H;4-5H,1-3H2;1-6H. The number of thiophene rings is 2. The number of fused-ring (bicyclic) bond motifs is 10. The minimum Gasteiger partial charge on any atom is -0.493 e. The fourth-order valence-corrected chi connectivity index (χ4v) is 22.5. The van der Waals surface area contributed by atoms with Crippen LogP contribution in [-0.4, -0.2) is 61.3 Å². The molecule has 0 unspecified atom stereocenters. The molecule has 0 spiro atoms. The molecule has 33 rings (SSSR count). The van der Waals surface area contributed by atoms with Crippen LogP contribution < -0.4 is 18.9 Å². The van der Waals surface area contributed by atoms with Crippen LogP contribution in [0.3, 0.4) is 0 Å². The summed E-state index contributed by atoms with van der Waals surface area (Å²) in [7, 11) is 0. The van der Waals surface area contributed by atoms with Gasteiger partial charge in [-0.2, -0.15) is 0 Å². The van der Waals surface area contributed by atoms with E-state index in [1.165, 1.54) is 200 Å². The van der Waals surface area contributed by atoms with E-state index >= 15 is 0 Å². The molecule has 1 N–H and O–H groups in total. The Labute approximate surface area is 891 Å². The Morgan fingerprint density at radius 3 is 1.21 bits per heavy atom. The summed E-state index contributed by atoms with van der Waals surface area (Å²) < 4.78 is 29.7. The number of thiazole rings is 1. The molecule has 9 aliphatic rings. The van der Waals surface area contributed by atoms with Crippen molar-refractivity contribution in [3.05, 3.63) is 525 Å². The number of nitrogens with zero attached hydrogens (tertiary/aromatic N) is 6. The molecule has 0 saturated heterocycles. The van der Waals surface area contributed by atoms with Crippen LogP contribution in [-0.2, 0) is 89.9 Å². The van der Waals surface area contributed by atoms with Crippen LogP contribution in [0.5, 0.6) is 23.0 Å². The molecule has 14 aromatic carbocycles. The largest absolute Gasteiger partial charge is 0.493 e. The Balaban J connectivity index is 0.000000101. The van der Waals surface area contributed by atoms with E-state index in [9.17, 15) is 0 Å². The molecule has 12 nitrogen and oxygen atoms in total. The molecule has 0 radical (unpaired) electrons. The lowest BCUT2D eigenvalue weighted by atomic mass is 9.91. The first-order valence-electron chi connectivity index (χ1n) is 52.7. The van der Waals surface area contributed by atoms with E-state index in [0.717, 1.165) is 126 Å². The number of hydrogen-bond donors (Lipinski definition) is 1. The number of aromatic amines is 1. The molecule has 0 fully saturated rings. The van der Waals surface area contributed by atoms with Gasteiger partial charge in [0.25, 0.3) is 0 Å². The maximum Gasteiger partial charge on any atom is 0.133 e. The Bertz CT molecular complexity index is 7420. The average Bonchev–Trinajstić information content (AvgIpc) is 1.43. The molecule has 14 heterocycles. The summed E-state index contributed by atoms with van der Waals surface area (Å²) in [6.45, 7) is 3.35. The van der Waals surface area contributed by atoms with Gasteiger partial charge in [-0.25, -0.2) is 4.98 Å². The molecule has 748 valence electrons. The number of hydrogen-bond acceptors (Lipinski definition) is 14. The van der Waals surface area contributed by atoms with Crippen LogP contribution in [0.2, 0.25) is 0 Å². The highest BCUT2D eigenvalue weighted by atomic mass is 32.1. The maximum atomic E-state index is 5.68. The van der Waals surface area contributed by atoms with Crippen molar-refractivity contribution in [3.8, 4) is 23.0 Å². The van der Waals surface area contributed by atoms with E-state index in [0.29, 0.717) is 0 Å². The van der Waals surface area contributed by atoms with E-state index in [-0.39, 0.29) is 0 Å². The van der Waals surface area contributed by atoms with E-state index in [2.05, 4.69) is 252 Å². The number of aryl methyl sites for hydroxylation is 12. The third-order valence-corrected chi connectivity index (χ3v) is 30.3. The monoisotopic (exact) mass is 2020 g/mol. The quantitative estimate of drug-likeness (QED) is 0.155. The Kier molecular flexibility index (Phi) is 37.3. The number of rotatable bonds is 0. The molecule has 150 heavy (non-hydrogen) atoms. The summed E-state index contributed by atoms with van der Waals surface area (Å²) in [4.78, 5) is 30.4. The first-order chi connectivity index (χ1) is 74.5. The van der Waals surface area contributed by atoms with Crippen molar-refractivity contribution < 1.29 is 23.4 Å². The summed E-state index contributed by atoms with van der Waals surface area (Å²) >= 11 is 5.38. The van der Waals surface area contributed by atoms with Crippen LogP contribution in [0, 0.1) is 0 Å². The maximum absolute atomic E-state index is 5.68. The summed E-state index contributed by atoms with van der Waals surface area (Å²) in [6, 6.07) is 133. The molecular formula is C135H125N7O5S3. The molecule has 10 aromatic heterocycles. The zero-order valence-electron chi connectivity index (χ0n) is 84.9. The zero-order valence-corrected chi connectivity index (χ0v) is 87.3. The predicted octanol–water partition coefficient (Wildman–Crippen LogP) is 34.1. The Hall–Kier alpha value is -16.0. The van der Waals surface area contributed by atoms with Gasteiger partial charge >= 0.3 is 0 Å². The van der Waals surface area contributed by atoms with Crippen LogP contribution >= 0.6 is 34.0 Å². The van der Waals surface area contributed by atoms with Gasteiger partial charge in [0.15, 0.2) is 0 Å². The lowest BCUT2D eigenvalue weighted by Crippen LogP contribution is -2.08. The number of H-pyrrole nitrogens is 1. The minimum atomic E-state index is 0.788. The minimum absolute atomic E-state index is 0.788. The highest BCUT2D eigenvalue weighted by Crippen LogP contribution is 2.36. The summed E-state index contributed by atoms with van der Waals surface area (Å²) in [6.07, 6.45) is 39.1. The topological polar surface area (TPSA) is 143 Å². The third kappa shape index (κ3) is 28.5. The summed E-state index contributed by atoms with van der Waals surface area (Å²) in [5.41, 5.74) is 29.8. The second-order valence-corrected chi connectivity index (χ2v) is 40.3. The smallest absolute Gasteiger partial charge is 0.133 e. The number of nitrogens with one attached hydrogen (secondary N) is 1.